The standard InChI is InChI=1S/C23H30O5/c1-14-12-15(2)20-17(13-14)9-7-11-19-21(28-23(4,5)27-19)18(24)10-6-8-16(3)26-22(20)25/h6-7,9-10,12-13,16,18-19,21,24H,8,11H2,1-5H3/b9-7+,10-6-/t16-,18?,19-,21+/m0/s1. The van der Waals surface area contributed by atoms with Crippen molar-refractivity contribution in [1.82, 2.24) is 0 Å². The minimum atomic E-state index is -0.789. The number of ether oxygens (including phenoxy) is 3. The number of aliphatic hydroxyl groups is 1. The van der Waals surface area contributed by atoms with E-state index in [1.807, 2.05) is 65.0 Å². The molecule has 1 saturated heterocycles. The molecule has 1 aromatic rings. The molecule has 1 N–H and O–H groups in total. The highest BCUT2D eigenvalue weighted by atomic mass is 16.8. The van der Waals surface area contributed by atoms with Gasteiger partial charge >= 0.3 is 5.97 Å². The quantitative estimate of drug-likeness (QED) is 0.537. The van der Waals surface area contributed by atoms with Crippen LogP contribution in [-0.2, 0) is 14.2 Å². The molecule has 2 aliphatic heterocycles. The Morgan fingerprint density at radius 1 is 1.11 bits per heavy atom. The van der Waals surface area contributed by atoms with Gasteiger partial charge in [0.2, 0.25) is 0 Å². The van der Waals surface area contributed by atoms with Gasteiger partial charge < -0.3 is 19.3 Å². The second-order valence-corrected chi connectivity index (χ2v) is 8.19. The second-order valence-electron chi connectivity index (χ2n) is 8.19. The molecule has 1 aromatic carbocycles. The lowest BCUT2D eigenvalue weighted by atomic mass is 9.97. The van der Waals surface area contributed by atoms with Gasteiger partial charge in [-0.3, -0.25) is 0 Å². The van der Waals surface area contributed by atoms with Crippen LogP contribution < -0.4 is 0 Å². The third-order valence-corrected chi connectivity index (χ3v) is 5.05. The predicted molar refractivity (Wildman–Crippen MR) is 108 cm³/mol. The first-order valence-electron chi connectivity index (χ1n) is 9.85. The van der Waals surface area contributed by atoms with Crippen molar-refractivity contribution in [1.29, 1.82) is 0 Å². The highest BCUT2D eigenvalue weighted by Gasteiger charge is 2.43. The van der Waals surface area contributed by atoms with E-state index in [-0.39, 0.29) is 18.2 Å². The Morgan fingerprint density at radius 3 is 2.61 bits per heavy atom. The Kier molecular flexibility index (Phi) is 6.08. The Hall–Kier alpha value is -1.95. The molecule has 152 valence electrons. The van der Waals surface area contributed by atoms with E-state index in [2.05, 4.69) is 0 Å². The molecule has 0 bridgehead atoms. The molecule has 3 rings (SSSR count). The SMILES string of the molecule is Cc1cc(C)c2c(c1)/C=C/C[C@@H]1OC(C)(C)O[C@@H]1C(O)/C=C\C[C@H](C)OC2=O. The van der Waals surface area contributed by atoms with Gasteiger partial charge in [0.15, 0.2) is 5.79 Å². The molecule has 5 nitrogen and oxygen atoms in total. The second kappa shape index (κ2) is 8.19. The van der Waals surface area contributed by atoms with E-state index in [9.17, 15) is 9.90 Å². The van der Waals surface area contributed by atoms with E-state index in [0.29, 0.717) is 18.4 Å². The van der Waals surface area contributed by atoms with Crippen molar-refractivity contribution in [2.75, 3.05) is 0 Å². The van der Waals surface area contributed by atoms with E-state index >= 15 is 0 Å². The molecule has 0 radical (unpaired) electrons. The summed E-state index contributed by atoms with van der Waals surface area (Å²) in [6, 6.07) is 3.98. The van der Waals surface area contributed by atoms with Crippen LogP contribution in [0.2, 0.25) is 0 Å². The topological polar surface area (TPSA) is 65.0 Å². The lowest BCUT2D eigenvalue weighted by molar-refractivity contribution is -0.152. The zero-order valence-electron chi connectivity index (χ0n) is 17.3. The summed E-state index contributed by atoms with van der Waals surface area (Å²) in [4.78, 5) is 12.8. The lowest BCUT2D eigenvalue weighted by Crippen LogP contribution is -2.34. The maximum absolute atomic E-state index is 12.8. The predicted octanol–water partition coefficient (Wildman–Crippen LogP) is 4.09. The summed E-state index contributed by atoms with van der Waals surface area (Å²) in [6.07, 6.45) is 6.70. The zero-order chi connectivity index (χ0) is 20.5. The summed E-state index contributed by atoms with van der Waals surface area (Å²) in [5.41, 5.74) is 3.41. The van der Waals surface area contributed by atoms with Crippen LogP contribution in [0.5, 0.6) is 0 Å². The van der Waals surface area contributed by atoms with E-state index in [1.54, 1.807) is 6.08 Å². The van der Waals surface area contributed by atoms with Gasteiger partial charge in [-0.25, -0.2) is 4.79 Å². The Morgan fingerprint density at radius 2 is 1.86 bits per heavy atom. The lowest BCUT2D eigenvalue weighted by Gasteiger charge is -2.20. The minimum absolute atomic E-state index is 0.271. The monoisotopic (exact) mass is 386 g/mol. The molecule has 28 heavy (non-hydrogen) atoms. The smallest absolute Gasteiger partial charge is 0.339 e. The summed E-state index contributed by atoms with van der Waals surface area (Å²) in [5, 5.41) is 10.6. The van der Waals surface area contributed by atoms with Crippen LogP contribution in [-0.4, -0.2) is 41.3 Å². The van der Waals surface area contributed by atoms with Crippen LogP contribution in [0.25, 0.3) is 6.08 Å². The van der Waals surface area contributed by atoms with Crippen molar-refractivity contribution in [2.24, 2.45) is 0 Å². The fourth-order valence-electron chi connectivity index (χ4n) is 3.88. The normalized spacial score (nSPS) is 32.6. The van der Waals surface area contributed by atoms with Gasteiger partial charge in [0, 0.05) is 6.42 Å². The molecule has 0 saturated carbocycles. The number of rotatable bonds is 0. The third kappa shape index (κ3) is 4.72. The fourth-order valence-corrected chi connectivity index (χ4v) is 3.88. The van der Waals surface area contributed by atoms with E-state index in [1.165, 1.54) is 0 Å². The van der Waals surface area contributed by atoms with E-state index in [4.69, 9.17) is 14.2 Å². The number of hydrogen-bond donors (Lipinski definition) is 1. The molecule has 1 fully saturated rings. The third-order valence-electron chi connectivity index (χ3n) is 5.05. The van der Waals surface area contributed by atoms with E-state index in [0.717, 1.165) is 16.7 Å². The van der Waals surface area contributed by atoms with Gasteiger partial charge in [-0.05, 0) is 52.2 Å². The maximum atomic E-state index is 12.8. The number of cyclic esters (lactones) is 1. The molecule has 0 aromatic heterocycles. The molecule has 0 aliphatic carbocycles. The van der Waals surface area contributed by atoms with Gasteiger partial charge in [0.25, 0.3) is 0 Å². The van der Waals surface area contributed by atoms with Gasteiger partial charge in [-0.2, -0.15) is 0 Å². The average molecular weight is 386 g/mol. The number of benzene rings is 1. The minimum Gasteiger partial charge on any atom is -0.459 e. The average Bonchev–Trinajstić information content (AvgIpc) is 2.88. The summed E-state index contributed by atoms with van der Waals surface area (Å²) in [6.45, 7) is 9.49. The first kappa shape index (κ1) is 20.8. The first-order valence-corrected chi connectivity index (χ1v) is 9.85. The largest absolute Gasteiger partial charge is 0.459 e. The zero-order valence-corrected chi connectivity index (χ0v) is 17.3. The van der Waals surface area contributed by atoms with Crippen LogP contribution in [0.3, 0.4) is 0 Å². The maximum Gasteiger partial charge on any atom is 0.339 e. The molecular weight excluding hydrogens is 356 g/mol. The number of aryl methyl sites for hydroxylation is 2. The number of hydrogen-bond acceptors (Lipinski definition) is 5. The Labute approximate surface area is 167 Å². The number of carbonyl (C=O) groups excluding carboxylic acids is 1. The molecule has 0 amide bonds. The molecule has 0 spiro atoms. The van der Waals surface area contributed by atoms with Crippen LogP contribution in [0.4, 0.5) is 0 Å². The summed E-state index contributed by atoms with van der Waals surface area (Å²) < 4.78 is 17.6. The Bertz CT molecular complexity index is 792. The van der Waals surface area contributed by atoms with Crippen molar-refractivity contribution in [3.63, 3.8) is 0 Å². The molecule has 4 atom stereocenters. The van der Waals surface area contributed by atoms with Crippen molar-refractivity contribution in [3.05, 3.63) is 52.6 Å². The molecule has 1 unspecified atom stereocenters. The molecular formula is C23H30O5. The van der Waals surface area contributed by atoms with Crippen molar-refractivity contribution in [3.8, 4) is 0 Å². The van der Waals surface area contributed by atoms with Crippen LogP contribution in [0, 0.1) is 13.8 Å². The number of fused-ring (bicyclic) bond motifs is 2. The van der Waals surface area contributed by atoms with Gasteiger partial charge in [-0.15, -0.1) is 0 Å². The van der Waals surface area contributed by atoms with Crippen molar-refractivity contribution < 1.29 is 24.1 Å². The number of esters is 1. The van der Waals surface area contributed by atoms with Gasteiger partial charge in [0.1, 0.15) is 18.3 Å². The highest BCUT2D eigenvalue weighted by molar-refractivity contribution is 5.95. The molecule has 2 aliphatic rings. The van der Waals surface area contributed by atoms with Crippen molar-refractivity contribution in [2.45, 2.75) is 77.7 Å². The summed E-state index contributed by atoms with van der Waals surface area (Å²) >= 11 is 0. The first-order chi connectivity index (χ1) is 13.2. The highest BCUT2D eigenvalue weighted by Crippen LogP contribution is 2.33. The molecule has 5 heteroatoms. The van der Waals surface area contributed by atoms with E-state index < -0.39 is 18.0 Å². The number of aliphatic hydroxyl groups excluding tert-OH is 1. The molecule has 2 heterocycles. The van der Waals surface area contributed by atoms with Crippen LogP contribution >= 0.6 is 0 Å². The van der Waals surface area contributed by atoms with Gasteiger partial charge in [-0.1, -0.05) is 42.0 Å². The summed E-state index contributed by atoms with van der Waals surface area (Å²) in [5.74, 6) is -1.07. The Balaban J connectivity index is 1.98. The number of carbonyl (C=O) groups is 1. The fraction of sp³-hybridized carbons (Fsp3) is 0.522. The summed E-state index contributed by atoms with van der Waals surface area (Å²) in [7, 11) is 0. The van der Waals surface area contributed by atoms with Crippen LogP contribution in [0.15, 0.2) is 30.4 Å². The van der Waals surface area contributed by atoms with Crippen molar-refractivity contribution >= 4 is 12.0 Å². The van der Waals surface area contributed by atoms with Gasteiger partial charge in [0.05, 0.1) is 11.7 Å². The van der Waals surface area contributed by atoms with Crippen LogP contribution in [0.1, 0.15) is 60.7 Å².